The predicted molar refractivity (Wildman–Crippen MR) is 121 cm³/mol. The summed E-state index contributed by atoms with van der Waals surface area (Å²) in [5.41, 5.74) is -3.52. The second-order valence-electron chi connectivity index (χ2n) is 7.89. The number of aromatic amines is 1. The van der Waals surface area contributed by atoms with Crippen LogP contribution in [0.1, 0.15) is 43.6 Å². The third-order valence-corrected chi connectivity index (χ3v) is 7.30. The third kappa shape index (κ3) is 5.72. The van der Waals surface area contributed by atoms with Crippen LogP contribution >= 0.6 is 7.60 Å². The van der Waals surface area contributed by atoms with E-state index in [1.807, 2.05) is 0 Å². The predicted octanol–water partition coefficient (Wildman–Crippen LogP) is 3.04. The maximum atomic E-state index is 16.2. The van der Waals surface area contributed by atoms with Gasteiger partial charge in [-0.05, 0) is 32.9 Å². The minimum atomic E-state index is -3.64. The Labute approximate surface area is 195 Å². The van der Waals surface area contributed by atoms with Gasteiger partial charge in [0, 0.05) is 18.7 Å². The standard InChI is InChI=1S/C22H28FN2O8P/c1-4-31-34(29,32-5-2)14-30-16-13-17(25-12-11-18(26)24-21(25)28)22(3,23)19(16)33-20(27)15-9-7-6-8-10-15/h6-12,16-17,19H,4-5,13-14H2,1-3H3,(H,24,26,28). The van der Waals surface area contributed by atoms with Crippen molar-refractivity contribution < 1.29 is 32.3 Å². The lowest BCUT2D eigenvalue weighted by atomic mass is 10.00. The largest absolute Gasteiger partial charge is 0.452 e. The van der Waals surface area contributed by atoms with E-state index in [9.17, 15) is 18.9 Å². The molecule has 1 fully saturated rings. The van der Waals surface area contributed by atoms with E-state index < -0.39 is 55.1 Å². The summed E-state index contributed by atoms with van der Waals surface area (Å²) in [5, 5.41) is 0. The van der Waals surface area contributed by atoms with Crippen molar-refractivity contribution in [3.8, 4) is 0 Å². The van der Waals surface area contributed by atoms with Crippen molar-refractivity contribution in [2.75, 3.05) is 19.6 Å². The lowest BCUT2D eigenvalue weighted by Crippen LogP contribution is -2.45. The Morgan fingerprint density at radius 1 is 1.18 bits per heavy atom. The number of rotatable bonds is 10. The second-order valence-corrected chi connectivity index (χ2v) is 9.89. The van der Waals surface area contributed by atoms with Crippen molar-refractivity contribution in [3.05, 3.63) is 69.0 Å². The smallest absolute Gasteiger partial charge is 0.356 e. The van der Waals surface area contributed by atoms with Crippen molar-refractivity contribution in [1.82, 2.24) is 9.55 Å². The van der Waals surface area contributed by atoms with E-state index >= 15 is 4.39 Å². The number of aromatic nitrogens is 2. The summed E-state index contributed by atoms with van der Waals surface area (Å²) in [6, 6.07) is 7.97. The maximum Gasteiger partial charge on any atom is 0.356 e. The molecular formula is C22H28FN2O8P. The maximum absolute atomic E-state index is 16.2. The Hall–Kier alpha value is -2.59. The Balaban J connectivity index is 1.93. The van der Waals surface area contributed by atoms with Crippen LogP contribution in [0.2, 0.25) is 0 Å². The van der Waals surface area contributed by atoms with Gasteiger partial charge in [-0.3, -0.25) is 18.9 Å². The molecule has 1 heterocycles. The molecule has 1 aliphatic carbocycles. The number of alkyl halides is 1. The monoisotopic (exact) mass is 498 g/mol. The van der Waals surface area contributed by atoms with E-state index in [0.29, 0.717) is 0 Å². The molecule has 0 saturated heterocycles. The first-order valence-corrected chi connectivity index (χ1v) is 12.6. The van der Waals surface area contributed by atoms with Gasteiger partial charge in [-0.15, -0.1) is 0 Å². The number of nitrogens with zero attached hydrogens (tertiary/aromatic N) is 1. The van der Waals surface area contributed by atoms with Crippen LogP contribution in [0.3, 0.4) is 0 Å². The van der Waals surface area contributed by atoms with Crippen LogP contribution in [0.25, 0.3) is 0 Å². The van der Waals surface area contributed by atoms with Crippen molar-refractivity contribution in [2.24, 2.45) is 0 Å². The molecule has 0 aliphatic heterocycles. The number of esters is 1. The number of carbonyl (C=O) groups excluding carboxylic acids is 1. The van der Waals surface area contributed by atoms with Gasteiger partial charge in [0.1, 0.15) is 12.5 Å². The summed E-state index contributed by atoms with van der Waals surface area (Å²) in [4.78, 5) is 38.7. The topological polar surface area (TPSA) is 126 Å². The van der Waals surface area contributed by atoms with Crippen molar-refractivity contribution in [2.45, 2.75) is 51.1 Å². The zero-order chi connectivity index (χ0) is 24.9. The first kappa shape index (κ1) is 26.0. The molecule has 2 aromatic rings. The fraction of sp³-hybridized carbons (Fsp3) is 0.500. The molecule has 3 rings (SSSR count). The number of hydrogen-bond acceptors (Lipinski definition) is 8. The van der Waals surface area contributed by atoms with Crippen LogP contribution in [0.5, 0.6) is 0 Å². The van der Waals surface area contributed by atoms with Crippen LogP contribution < -0.4 is 11.2 Å². The number of hydrogen-bond donors (Lipinski definition) is 1. The van der Waals surface area contributed by atoms with E-state index in [4.69, 9.17) is 18.5 Å². The van der Waals surface area contributed by atoms with Crippen LogP contribution in [-0.2, 0) is 23.1 Å². The summed E-state index contributed by atoms with van der Waals surface area (Å²) >= 11 is 0. The summed E-state index contributed by atoms with van der Waals surface area (Å²) in [7, 11) is -3.64. The number of carbonyl (C=O) groups is 1. The van der Waals surface area contributed by atoms with Crippen molar-refractivity contribution in [1.29, 1.82) is 0 Å². The van der Waals surface area contributed by atoms with E-state index in [-0.39, 0.29) is 25.2 Å². The van der Waals surface area contributed by atoms with Gasteiger partial charge < -0.3 is 18.5 Å². The molecule has 1 aromatic heterocycles. The summed E-state index contributed by atoms with van der Waals surface area (Å²) in [5.74, 6) is -0.782. The molecule has 0 radical (unpaired) electrons. The molecule has 4 unspecified atom stereocenters. The van der Waals surface area contributed by atoms with Gasteiger partial charge in [0.2, 0.25) is 0 Å². The van der Waals surface area contributed by atoms with Gasteiger partial charge in [0.05, 0.1) is 24.8 Å². The molecular weight excluding hydrogens is 470 g/mol. The lowest BCUT2D eigenvalue weighted by Gasteiger charge is -2.30. The average Bonchev–Trinajstić information content (AvgIpc) is 3.03. The Kier molecular flexibility index (Phi) is 8.25. The summed E-state index contributed by atoms with van der Waals surface area (Å²) in [6.07, 6.45) is -1.97. The fourth-order valence-corrected chi connectivity index (χ4v) is 5.37. The molecule has 4 atom stereocenters. The molecule has 12 heteroatoms. The Morgan fingerprint density at radius 3 is 2.41 bits per heavy atom. The fourth-order valence-electron chi connectivity index (χ4n) is 3.98. The highest BCUT2D eigenvalue weighted by Crippen LogP contribution is 2.51. The molecule has 1 aliphatic rings. The average molecular weight is 498 g/mol. The molecule has 0 bridgehead atoms. The molecule has 1 aromatic carbocycles. The molecule has 34 heavy (non-hydrogen) atoms. The molecule has 0 spiro atoms. The quantitative estimate of drug-likeness (QED) is 0.391. The molecule has 186 valence electrons. The van der Waals surface area contributed by atoms with Gasteiger partial charge in [-0.1, -0.05) is 18.2 Å². The number of halogens is 1. The van der Waals surface area contributed by atoms with Crippen LogP contribution in [-0.4, -0.2) is 53.0 Å². The zero-order valence-corrected chi connectivity index (χ0v) is 20.0. The first-order chi connectivity index (χ1) is 16.1. The zero-order valence-electron chi connectivity index (χ0n) is 19.1. The number of H-pyrrole nitrogens is 1. The van der Waals surface area contributed by atoms with Crippen LogP contribution in [0, 0.1) is 0 Å². The molecule has 10 nitrogen and oxygen atoms in total. The minimum Gasteiger partial charge on any atom is -0.452 e. The molecule has 1 N–H and O–H groups in total. The van der Waals surface area contributed by atoms with E-state index in [1.54, 1.807) is 32.0 Å². The van der Waals surface area contributed by atoms with Crippen LogP contribution in [0.4, 0.5) is 4.39 Å². The highest BCUT2D eigenvalue weighted by Gasteiger charge is 2.57. The Bertz CT molecular complexity index is 1140. The number of benzene rings is 1. The Morgan fingerprint density at radius 2 is 1.82 bits per heavy atom. The minimum absolute atomic E-state index is 0.105. The second kappa shape index (κ2) is 10.8. The normalized spacial score (nSPS) is 24.8. The number of ether oxygens (including phenoxy) is 2. The van der Waals surface area contributed by atoms with Crippen molar-refractivity contribution >= 4 is 13.6 Å². The summed E-state index contributed by atoms with van der Waals surface area (Å²) in [6.45, 7) is 4.68. The van der Waals surface area contributed by atoms with Gasteiger partial charge in [0.15, 0.2) is 11.8 Å². The summed E-state index contributed by atoms with van der Waals surface area (Å²) < 4.78 is 51.8. The number of nitrogens with one attached hydrogen (secondary N) is 1. The van der Waals surface area contributed by atoms with Crippen molar-refractivity contribution in [3.63, 3.8) is 0 Å². The van der Waals surface area contributed by atoms with E-state index in [0.717, 1.165) is 10.6 Å². The van der Waals surface area contributed by atoms with Gasteiger partial charge in [-0.25, -0.2) is 14.0 Å². The van der Waals surface area contributed by atoms with Crippen LogP contribution in [0.15, 0.2) is 52.2 Å². The lowest BCUT2D eigenvalue weighted by molar-refractivity contribution is -0.0755. The van der Waals surface area contributed by atoms with E-state index in [2.05, 4.69) is 4.98 Å². The van der Waals surface area contributed by atoms with Gasteiger partial charge in [0.25, 0.3) is 5.56 Å². The van der Waals surface area contributed by atoms with Gasteiger partial charge >= 0.3 is 19.3 Å². The highest BCUT2D eigenvalue weighted by molar-refractivity contribution is 7.53. The first-order valence-electron chi connectivity index (χ1n) is 10.9. The SMILES string of the molecule is CCOP(=O)(COC1CC(n2ccc(=O)[nH]c2=O)C(C)(F)C1OC(=O)c1ccccc1)OCC. The molecule has 1 saturated carbocycles. The van der Waals surface area contributed by atoms with E-state index in [1.165, 1.54) is 25.3 Å². The van der Waals surface area contributed by atoms with Gasteiger partial charge in [-0.2, -0.15) is 0 Å². The molecule has 0 amide bonds. The highest BCUT2D eigenvalue weighted by atomic mass is 31.2. The third-order valence-electron chi connectivity index (χ3n) is 5.53.